The summed E-state index contributed by atoms with van der Waals surface area (Å²) >= 11 is 6.08. The molecule has 0 fully saturated rings. The van der Waals surface area contributed by atoms with Gasteiger partial charge >= 0.3 is 5.97 Å². The molecule has 3 nitrogen and oxygen atoms in total. The third-order valence-corrected chi connectivity index (χ3v) is 6.64. The van der Waals surface area contributed by atoms with E-state index in [4.69, 9.17) is 11.2 Å². The molecule has 0 aliphatic rings. The highest BCUT2D eigenvalue weighted by Gasteiger charge is 2.14. The van der Waals surface area contributed by atoms with Crippen LogP contribution in [0.15, 0.2) is 16.3 Å². The summed E-state index contributed by atoms with van der Waals surface area (Å²) in [7, 11) is -1.06. The molecule has 6 heteroatoms. The number of thiophene rings is 1. The fourth-order valence-electron chi connectivity index (χ4n) is 0.840. The van der Waals surface area contributed by atoms with Crippen LogP contribution in [-0.4, -0.2) is 23.0 Å². The van der Waals surface area contributed by atoms with Crippen LogP contribution in [-0.2, 0) is 24.4 Å². The van der Waals surface area contributed by atoms with Crippen molar-refractivity contribution in [3.8, 4) is 0 Å². The number of ether oxygens (including phenoxy) is 1. The Labute approximate surface area is 91.8 Å². The van der Waals surface area contributed by atoms with E-state index in [0.29, 0.717) is 14.8 Å². The molecule has 0 aromatic carbocycles. The van der Waals surface area contributed by atoms with Crippen molar-refractivity contribution in [2.24, 2.45) is 0 Å². The van der Waals surface area contributed by atoms with Crippen molar-refractivity contribution in [2.45, 2.75) is 11.1 Å². The minimum Gasteiger partial charge on any atom is -0.465 e. The summed E-state index contributed by atoms with van der Waals surface area (Å²) in [6.45, 7) is 1.77. The Hall–Kier alpha value is -0.460. The Morgan fingerprint density at radius 1 is 1.64 bits per heavy atom. The van der Waals surface area contributed by atoms with Gasteiger partial charge in [-0.2, -0.15) is 0 Å². The van der Waals surface area contributed by atoms with E-state index in [2.05, 4.69) is 4.74 Å². The summed E-state index contributed by atoms with van der Waals surface area (Å²) in [5.74, 6) is -0.00809. The number of hydrogen-bond acceptors (Lipinski definition) is 5. The zero-order chi connectivity index (χ0) is 10.8. The molecule has 0 amide bonds. The maximum absolute atomic E-state index is 11.8. The molecule has 1 unspecified atom stereocenters. The van der Waals surface area contributed by atoms with Crippen LogP contribution in [0.1, 0.15) is 16.6 Å². The van der Waals surface area contributed by atoms with Crippen LogP contribution in [0.25, 0.3) is 0 Å². The summed E-state index contributed by atoms with van der Waals surface area (Å²) in [5, 5.41) is 0. The lowest BCUT2D eigenvalue weighted by atomic mass is 10.5. The van der Waals surface area contributed by atoms with Crippen molar-refractivity contribution in [3.05, 3.63) is 17.0 Å². The Balaban J connectivity index is 3.06. The topological polar surface area (TPSA) is 43.4 Å². The number of carbonyl (C=O) groups is 1. The van der Waals surface area contributed by atoms with E-state index < -0.39 is 14.5 Å². The molecule has 0 aliphatic carbocycles. The van der Waals surface area contributed by atoms with Gasteiger partial charge in [-0.15, -0.1) is 11.3 Å². The van der Waals surface area contributed by atoms with Gasteiger partial charge in [-0.3, -0.25) is 4.21 Å². The second kappa shape index (κ2) is 4.37. The number of rotatable bonds is 3. The van der Waals surface area contributed by atoms with E-state index in [0.717, 1.165) is 11.3 Å². The average Bonchev–Trinajstić information content (AvgIpc) is 2.66. The van der Waals surface area contributed by atoms with Crippen LogP contribution in [0.3, 0.4) is 0 Å². The summed E-state index contributed by atoms with van der Waals surface area (Å²) < 4.78 is 16.9. The number of carbonyl (C=O) groups excluding carboxylic acids is 1. The van der Waals surface area contributed by atoms with E-state index in [-0.39, 0.29) is 0 Å². The van der Waals surface area contributed by atoms with Crippen molar-refractivity contribution in [3.63, 3.8) is 0 Å². The highest BCUT2D eigenvalue weighted by Crippen LogP contribution is 2.23. The first-order valence-corrected chi connectivity index (χ1v) is 7.39. The van der Waals surface area contributed by atoms with Gasteiger partial charge in [-0.1, -0.05) is 6.92 Å². The zero-order valence-electron chi connectivity index (χ0n) is 7.81. The Morgan fingerprint density at radius 3 is 2.79 bits per heavy atom. The van der Waals surface area contributed by atoms with Gasteiger partial charge in [0.2, 0.25) is 0 Å². The van der Waals surface area contributed by atoms with E-state index in [1.807, 2.05) is 0 Å². The van der Waals surface area contributed by atoms with Gasteiger partial charge in [-0.25, -0.2) is 4.79 Å². The maximum atomic E-state index is 11.8. The van der Waals surface area contributed by atoms with Crippen LogP contribution >= 0.6 is 11.3 Å². The third kappa shape index (κ3) is 2.31. The first-order valence-electron chi connectivity index (χ1n) is 3.92. The van der Waals surface area contributed by atoms with Gasteiger partial charge in [0.1, 0.15) is 4.88 Å². The highest BCUT2D eigenvalue weighted by molar-refractivity contribution is 8.33. The predicted molar refractivity (Wildman–Crippen MR) is 60.0 cm³/mol. The predicted octanol–water partition coefficient (Wildman–Crippen LogP) is 1.66. The summed E-state index contributed by atoms with van der Waals surface area (Å²) in [5.41, 5.74) is 0. The van der Waals surface area contributed by atoms with Crippen molar-refractivity contribution in [1.82, 2.24) is 0 Å². The minimum absolute atomic E-state index is 0.406. The molecular formula is C8H10O3S3. The van der Waals surface area contributed by atoms with Crippen molar-refractivity contribution < 1.29 is 13.7 Å². The number of hydrogen-bond donors (Lipinski definition) is 0. The molecule has 1 aromatic rings. The van der Waals surface area contributed by atoms with Gasteiger partial charge < -0.3 is 4.74 Å². The van der Waals surface area contributed by atoms with Crippen LogP contribution < -0.4 is 0 Å². The lowest BCUT2D eigenvalue weighted by Crippen LogP contribution is -1.99. The zero-order valence-corrected chi connectivity index (χ0v) is 10.3. The van der Waals surface area contributed by atoms with Gasteiger partial charge in [0, 0.05) is 5.75 Å². The fraction of sp³-hybridized carbons (Fsp3) is 0.375. The first kappa shape index (κ1) is 11.6. The maximum Gasteiger partial charge on any atom is 0.348 e. The van der Waals surface area contributed by atoms with Crippen LogP contribution in [0, 0.1) is 0 Å². The summed E-state index contributed by atoms with van der Waals surface area (Å²) in [6.07, 6.45) is 0. The van der Waals surface area contributed by atoms with Crippen LogP contribution in [0.2, 0.25) is 0 Å². The van der Waals surface area contributed by atoms with Gasteiger partial charge in [0.05, 0.1) is 19.8 Å². The quantitative estimate of drug-likeness (QED) is 0.765. The molecule has 0 bridgehead atoms. The van der Waals surface area contributed by atoms with Crippen LogP contribution in [0.4, 0.5) is 0 Å². The Bertz CT molecular complexity index is 430. The number of esters is 1. The second-order valence-electron chi connectivity index (χ2n) is 2.51. The lowest BCUT2D eigenvalue weighted by molar-refractivity contribution is 0.0606. The standard InChI is InChI=1S/C8H10O3S3/c1-3-14(10,12)7-5-4-6(13-7)8(9)11-2/h4-5H,3H2,1-2H3. The van der Waals surface area contributed by atoms with E-state index in [1.165, 1.54) is 7.11 Å². The van der Waals surface area contributed by atoms with Crippen molar-refractivity contribution in [2.75, 3.05) is 12.9 Å². The molecule has 78 valence electrons. The molecule has 1 atom stereocenters. The van der Waals surface area contributed by atoms with Gasteiger partial charge in [-0.05, 0) is 23.3 Å². The van der Waals surface area contributed by atoms with Crippen molar-refractivity contribution >= 4 is 37.0 Å². The first-order chi connectivity index (χ1) is 6.51. The molecular weight excluding hydrogens is 240 g/mol. The molecule has 0 radical (unpaired) electrons. The molecule has 1 aromatic heterocycles. The molecule has 0 saturated carbocycles. The molecule has 0 N–H and O–H groups in total. The van der Waals surface area contributed by atoms with E-state index in [1.54, 1.807) is 19.1 Å². The second-order valence-corrected chi connectivity index (χ2v) is 7.72. The van der Waals surface area contributed by atoms with Gasteiger partial charge in [0.15, 0.2) is 0 Å². The Kier molecular flexibility index (Phi) is 3.63. The fourth-order valence-corrected chi connectivity index (χ4v) is 3.66. The molecule has 1 heterocycles. The monoisotopic (exact) mass is 250 g/mol. The molecule has 0 aliphatic heterocycles. The molecule has 1 rings (SSSR count). The van der Waals surface area contributed by atoms with Crippen LogP contribution in [0.5, 0.6) is 0 Å². The third-order valence-electron chi connectivity index (χ3n) is 1.65. The van der Waals surface area contributed by atoms with Gasteiger partial charge in [0.25, 0.3) is 0 Å². The SMILES string of the molecule is CCS(=O)(=S)c1ccc(C(=O)OC)s1. The highest BCUT2D eigenvalue weighted by atomic mass is 32.8. The number of methoxy groups -OCH3 is 1. The summed E-state index contributed by atoms with van der Waals surface area (Å²) in [4.78, 5) is 11.5. The van der Waals surface area contributed by atoms with E-state index >= 15 is 0 Å². The normalized spacial score (nSPS) is 14.7. The van der Waals surface area contributed by atoms with E-state index in [9.17, 15) is 9.00 Å². The summed E-state index contributed by atoms with van der Waals surface area (Å²) in [6, 6.07) is 3.23. The smallest absolute Gasteiger partial charge is 0.348 e. The lowest BCUT2D eigenvalue weighted by Gasteiger charge is -1.98. The Morgan fingerprint density at radius 2 is 2.29 bits per heavy atom. The molecule has 14 heavy (non-hydrogen) atoms. The van der Waals surface area contributed by atoms with Crippen molar-refractivity contribution in [1.29, 1.82) is 0 Å². The minimum atomic E-state index is -2.38. The molecule has 0 saturated heterocycles. The average molecular weight is 250 g/mol. The molecule has 0 spiro atoms. The largest absolute Gasteiger partial charge is 0.465 e.